The number of hydrogen-bond donors (Lipinski definition) is 2. The molecule has 35 heavy (non-hydrogen) atoms. The average molecular weight is 520 g/mol. The molecule has 1 amide bonds. The van der Waals surface area contributed by atoms with Crippen LogP contribution in [0.4, 0.5) is 0 Å². The number of aliphatic hydroxyl groups is 1. The van der Waals surface area contributed by atoms with Crippen LogP contribution in [0.25, 0.3) is 0 Å². The molecule has 1 heterocycles. The van der Waals surface area contributed by atoms with Crippen LogP contribution in [-0.2, 0) is 9.59 Å². The standard InChI is InChI=1S/C28H35Cl2NO4/c1-6-23(17(2)27(3,4)35)31-25(18-10-12-20(29)13-11-18)22(19-8-7-9-21(30)14-19)15-28(5,26(31)34)16-24(32)33/h7-14,17,22-23,25,35H,6,15-16H2,1-5H3,(H,32,33)/t17-,22?,23+,25?,28-/m1/s1. The topological polar surface area (TPSA) is 77.8 Å². The number of carbonyl (C=O) groups excluding carboxylic acids is 1. The molecule has 0 spiro atoms. The van der Waals surface area contributed by atoms with Gasteiger partial charge in [-0.3, -0.25) is 9.59 Å². The number of carboxylic acid groups (broad SMARTS) is 1. The van der Waals surface area contributed by atoms with E-state index in [-0.39, 0.29) is 36.2 Å². The zero-order valence-corrected chi connectivity index (χ0v) is 22.5. The second kappa shape index (κ2) is 10.5. The van der Waals surface area contributed by atoms with Gasteiger partial charge in [-0.2, -0.15) is 0 Å². The molecule has 2 aromatic carbocycles. The van der Waals surface area contributed by atoms with Crippen molar-refractivity contribution in [2.75, 3.05) is 0 Å². The van der Waals surface area contributed by atoms with Crippen LogP contribution in [0.15, 0.2) is 48.5 Å². The number of amides is 1. The monoisotopic (exact) mass is 519 g/mol. The fourth-order valence-corrected chi connectivity index (χ4v) is 5.83. The Balaban J connectivity index is 2.28. The van der Waals surface area contributed by atoms with Gasteiger partial charge < -0.3 is 15.1 Å². The van der Waals surface area contributed by atoms with Crippen LogP contribution in [-0.4, -0.2) is 38.6 Å². The number of halogens is 2. The van der Waals surface area contributed by atoms with Gasteiger partial charge in [0.15, 0.2) is 0 Å². The highest BCUT2D eigenvalue weighted by molar-refractivity contribution is 6.30. The Labute approximate surface area is 218 Å². The van der Waals surface area contributed by atoms with E-state index in [0.717, 1.165) is 11.1 Å². The lowest BCUT2D eigenvalue weighted by atomic mass is 9.66. The van der Waals surface area contributed by atoms with Gasteiger partial charge in [-0.15, -0.1) is 0 Å². The number of carboxylic acids is 1. The number of hydrogen-bond acceptors (Lipinski definition) is 3. The molecule has 0 radical (unpaired) electrons. The van der Waals surface area contributed by atoms with Crippen molar-refractivity contribution in [3.05, 3.63) is 69.7 Å². The second-order valence-corrected chi connectivity index (χ2v) is 11.5. The molecule has 1 fully saturated rings. The van der Waals surface area contributed by atoms with Crippen molar-refractivity contribution in [2.24, 2.45) is 11.3 Å². The van der Waals surface area contributed by atoms with E-state index in [4.69, 9.17) is 23.2 Å². The van der Waals surface area contributed by atoms with Gasteiger partial charge in [-0.25, -0.2) is 0 Å². The van der Waals surface area contributed by atoms with Gasteiger partial charge in [0.05, 0.1) is 23.5 Å². The molecule has 0 aliphatic carbocycles. The van der Waals surface area contributed by atoms with E-state index < -0.39 is 17.0 Å². The Bertz CT molecular complexity index is 1070. The molecule has 2 N–H and O–H groups in total. The lowest BCUT2D eigenvalue weighted by Gasteiger charge is -2.54. The van der Waals surface area contributed by atoms with Gasteiger partial charge in [0.2, 0.25) is 5.91 Å². The van der Waals surface area contributed by atoms with Crippen LogP contribution < -0.4 is 0 Å². The summed E-state index contributed by atoms with van der Waals surface area (Å²) in [5.41, 5.74) is -0.310. The predicted octanol–water partition coefficient (Wildman–Crippen LogP) is 6.72. The fraction of sp³-hybridized carbons (Fsp3) is 0.500. The summed E-state index contributed by atoms with van der Waals surface area (Å²) in [6.07, 6.45) is 0.683. The van der Waals surface area contributed by atoms with E-state index in [1.54, 1.807) is 39.0 Å². The summed E-state index contributed by atoms with van der Waals surface area (Å²) in [5.74, 6) is -1.70. The lowest BCUT2D eigenvalue weighted by Crippen LogP contribution is -2.59. The number of piperidine rings is 1. The minimum absolute atomic E-state index is 0.207. The van der Waals surface area contributed by atoms with E-state index in [1.807, 2.05) is 49.1 Å². The van der Waals surface area contributed by atoms with Crippen molar-refractivity contribution in [1.29, 1.82) is 0 Å². The zero-order chi connectivity index (χ0) is 26.1. The Hall–Kier alpha value is -2.08. The van der Waals surface area contributed by atoms with E-state index >= 15 is 0 Å². The molecular weight excluding hydrogens is 485 g/mol. The van der Waals surface area contributed by atoms with Crippen molar-refractivity contribution in [2.45, 2.75) is 77.5 Å². The summed E-state index contributed by atoms with van der Waals surface area (Å²) in [6, 6.07) is 14.3. The first-order valence-electron chi connectivity index (χ1n) is 12.1. The molecule has 0 saturated carbocycles. The number of rotatable bonds is 8. The van der Waals surface area contributed by atoms with Crippen molar-refractivity contribution in [3.8, 4) is 0 Å². The highest BCUT2D eigenvalue weighted by Crippen LogP contribution is 2.53. The molecule has 0 bridgehead atoms. The normalized spacial score (nSPS) is 24.8. The van der Waals surface area contributed by atoms with Crippen LogP contribution in [0.3, 0.4) is 0 Å². The van der Waals surface area contributed by atoms with Crippen molar-refractivity contribution in [3.63, 3.8) is 0 Å². The molecule has 2 aromatic rings. The third-order valence-corrected chi connectivity index (χ3v) is 8.09. The van der Waals surface area contributed by atoms with E-state index in [2.05, 4.69) is 0 Å². The maximum absolute atomic E-state index is 14.2. The first-order chi connectivity index (χ1) is 16.3. The molecule has 7 heteroatoms. The molecule has 0 aromatic heterocycles. The SMILES string of the molecule is CC[C@@H]([C@@H](C)C(C)(C)O)N1C(=O)[C@@](C)(CC(=O)O)CC(c2cccc(Cl)c2)C1c1ccc(Cl)cc1. The van der Waals surface area contributed by atoms with Gasteiger partial charge in [0, 0.05) is 27.9 Å². The van der Waals surface area contributed by atoms with Crippen molar-refractivity contribution in [1.82, 2.24) is 4.90 Å². The molecular formula is C28H35Cl2NO4. The second-order valence-electron chi connectivity index (χ2n) is 10.6. The van der Waals surface area contributed by atoms with Crippen LogP contribution in [0.1, 0.15) is 77.0 Å². The molecule has 1 aliphatic rings. The number of carbonyl (C=O) groups is 2. The summed E-state index contributed by atoms with van der Waals surface area (Å²) in [5, 5.41) is 21.8. The Morgan fingerprint density at radius 3 is 2.29 bits per heavy atom. The van der Waals surface area contributed by atoms with E-state index in [9.17, 15) is 19.8 Å². The van der Waals surface area contributed by atoms with Gasteiger partial charge in [-0.1, -0.05) is 68.2 Å². The molecule has 5 atom stereocenters. The number of benzene rings is 2. The highest BCUT2D eigenvalue weighted by atomic mass is 35.5. The summed E-state index contributed by atoms with van der Waals surface area (Å²) < 4.78 is 0. The Morgan fingerprint density at radius 2 is 1.77 bits per heavy atom. The summed E-state index contributed by atoms with van der Waals surface area (Å²) in [7, 11) is 0. The maximum Gasteiger partial charge on any atom is 0.304 e. The molecule has 2 unspecified atom stereocenters. The third kappa shape index (κ3) is 5.84. The summed E-state index contributed by atoms with van der Waals surface area (Å²) >= 11 is 12.6. The minimum atomic E-state index is -1.12. The van der Waals surface area contributed by atoms with Gasteiger partial charge >= 0.3 is 5.97 Å². The van der Waals surface area contributed by atoms with Crippen molar-refractivity contribution >= 4 is 35.1 Å². The smallest absolute Gasteiger partial charge is 0.304 e. The molecule has 1 aliphatic heterocycles. The average Bonchev–Trinajstić information content (AvgIpc) is 2.76. The number of aliphatic carboxylic acids is 1. The first-order valence-corrected chi connectivity index (χ1v) is 12.8. The molecule has 190 valence electrons. The van der Waals surface area contributed by atoms with Gasteiger partial charge in [-0.05, 0) is 62.1 Å². The number of likely N-dealkylation sites (tertiary alicyclic amines) is 1. The summed E-state index contributed by atoms with van der Waals surface area (Å²) in [4.78, 5) is 28.0. The highest BCUT2D eigenvalue weighted by Gasteiger charge is 2.53. The molecule has 1 saturated heterocycles. The Kier molecular flexibility index (Phi) is 8.25. The lowest BCUT2D eigenvalue weighted by molar-refractivity contribution is -0.164. The third-order valence-electron chi connectivity index (χ3n) is 7.60. The molecule has 3 rings (SSSR count). The van der Waals surface area contributed by atoms with Crippen LogP contribution in [0, 0.1) is 11.3 Å². The van der Waals surface area contributed by atoms with Crippen LogP contribution in [0.2, 0.25) is 10.0 Å². The Morgan fingerprint density at radius 1 is 1.14 bits per heavy atom. The maximum atomic E-state index is 14.2. The van der Waals surface area contributed by atoms with Gasteiger partial charge in [0.1, 0.15) is 0 Å². The zero-order valence-electron chi connectivity index (χ0n) is 21.0. The minimum Gasteiger partial charge on any atom is -0.481 e. The quantitative estimate of drug-likeness (QED) is 0.405. The van der Waals surface area contributed by atoms with Crippen LogP contribution in [0.5, 0.6) is 0 Å². The van der Waals surface area contributed by atoms with E-state index in [0.29, 0.717) is 22.9 Å². The van der Waals surface area contributed by atoms with Crippen LogP contribution >= 0.6 is 23.2 Å². The van der Waals surface area contributed by atoms with Crippen molar-refractivity contribution < 1.29 is 19.8 Å². The molecule has 5 nitrogen and oxygen atoms in total. The largest absolute Gasteiger partial charge is 0.481 e. The predicted molar refractivity (Wildman–Crippen MR) is 140 cm³/mol. The summed E-state index contributed by atoms with van der Waals surface area (Å²) in [6.45, 7) is 9.18. The van der Waals surface area contributed by atoms with E-state index in [1.165, 1.54) is 0 Å². The van der Waals surface area contributed by atoms with Gasteiger partial charge in [0.25, 0.3) is 0 Å². The fourth-order valence-electron chi connectivity index (χ4n) is 5.51. The first kappa shape index (κ1) is 27.5. The number of nitrogens with zero attached hydrogens (tertiary/aromatic N) is 1.